The van der Waals surface area contributed by atoms with Crippen LogP contribution < -0.4 is 0 Å². The van der Waals surface area contributed by atoms with E-state index in [4.69, 9.17) is 56.2 Å². The summed E-state index contributed by atoms with van der Waals surface area (Å²) in [7, 11) is 0.195. The van der Waals surface area contributed by atoms with E-state index in [1.807, 2.05) is 60.6 Å². The molecule has 1 unspecified atom stereocenters. The highest BCUT2D eigenvalue weighted by molar-refractivity contribution is 14.1. The van der Waals surface area contributed by atoms with Gasteiger partial charge in [0.05, 0.1) is 31.8 Å². The van der Waals surface area contributed by atoms with Crippen LogP contribution in [0, 0.1) is 112 Å². The van der Waals surface area contributed by atoms with Crippen LogP contribution in [-0.4, -0.2) is 209 Å². The topological polar surface area (TPSA) is 212 Å². The second-order valence-electron chi connectivity index (χ2n) is 42.5. The zero-order valence-electron chi connectivity index (χ0n) is 104. The maximum absolute atomic E-state index is 11.9. The van der Waals surface area contributed by atoms with Crippen LogP contribution in [0.4, 0.5) is 26.3 Å². The molecule has 0 aliphatic carbocycles. The molecule has 0 rings (SSSR count). The van der Waals surface area contributed by atoms with Gasteiger partial charge >= 0.3 is 19.9 Å². The Hall–Kier alpha value is -4.52. The highest BCUT2D eigenvalue weighted by Gasteiger charge is 2.48. The van der Waals surface area contributed by atoms with Crippen LogP contribution in [0.2, 0.25) is 66.5 Å². The Bertz CT molecular complexity index is 4080. The van der Waals surface area contributed by atoms with Crippen molar-refractivity contribution in [3.63, 3.8) is 0 Å². The number of aliphatic hydroxyl groups excluding tert-OH is 3. The normalized spacial score (nSPS) is 15.7. The van der Waals surface area contributed by atoms with E-state index in [1.54, 1.807) is 56.7 Å². The molecule has 0 aromatic carbocycles. The molecular weight excluding hydrogens is 2110 g/mol. The second kappa shape index (κ2) is 88.3. The number of Topliss-reactive ketones (excluding diaryl/α,β-unsaturated/α-hetero) is 2. The highest BCUT2D eigenvalue weighted by Crippen LogP contribution is 2.55. The van der Waals surface area contributed by atoms with E-state index in [9.17, 15) is 50.4 Å². The van der Waals surface area contributed by atoms with Gasteiger partial charge in [-0.1, -0.05) is 358 Å². The summed E-state index contributed by atoms with van der Waals surface area (Å²) < 4.78 is 132. The fourth-order valence-electron chi connectivity index (χ4n) is 19.5. The summed E-state index contributed by atoms with van der Waals surface area (Å²) in [4.78, 5) is 33.6. The number of ether oxygens (including phenoxy) is 7. The van der Waals surface area contributed by atoms with Crippen LogP contribution >= 0.6 is 30.2 Å². The lowest BCUT2D eigenvalue weighted by molar-refractivity contribution is -0.166. The fourth-order valence-corrected chi connectivity index (χ4v) is 42.5. The molecule has 28 heteroatoms. The molecule has 0 saturated carbocycles. The monoisotopic (exact) mass is 2330 g/mol. The van der Waals surface area contributed by atoms with Gasteiger partial charge in [-0.15, -0.1) is 35.0 Å². The zero-order valence-corrected chi connectivity index (χ0v) is 111. The molecule has 0 aromatic heterocycles. The number of terminal acetylenes is 2. The summed E-state index contributed by atoms with van der Waals surface area (Å²) in [5, 5.41) is 27.1. The molecule has 0 heterocycles. The number of hydrogen-bond acceptors (Lipinski definition) is 16. The van der Waals surface area contributed by atoms with Crippen molar-refractivity contribution in [1.82, 2.24) is 0 Å². The van der Waals surface area contributed by atoms with Gasteiger partial charge in [-0.2, -0.15) is 26.3 Å². The SMILES string of the molecule is C#C[C@H](OC)[C@H](/C=C(/C)CC)CC.C#C[C@H](OC)[C@H](/C=C(/C)CO)CC.C/C=C/[C@H](CC)[C@H](C#C[Si](C(C)C)(C(C)C)C(C)C)OC.CC.CC(=O)C(C)P(=O)(OCC(F)(F)F)OCC(F)(F)F.CC[C@@H](/C=C(/C)C(C)=O)[C@H](C#C[Si](C(C)C)(C(C)C)C(C)C)OC.CC[C@@H](/C=C(/C)CO)[C@@H](OC)/C(C)=C/I.CC[C@@H](/C=C(/C)CO)[C@H](C#C[Si](C(C)C)(C(C)C)C(C)C)OC.CC[C@@H](C=O)[C@H](C#C[Si](C(C)C)(C(C)C)C(C)C)OC. The Balaban J connectivity index is -0.000000218. The van der Waals surface area contributed by atoms with Gasteiger partial charge in [-0.3, -0.25) is 23.2 Å². The maximum Gasteiger partial charge on any atom is 0.412 e. The van der Waals surface area contributed by atoms with Crippen LogP contribution in [0.1, 0.15) is 356 Å². The van der Waals surface area contributed by atoms with E-state index in [2.05, 4.69) is 359 Å². The summed E-state index contributed by atoms with van der Waals surface area (Å²) in [6.45, 7) is 90.1. The highest BCUT2D eigenvalue weighted by atomic mass is 127. The molecule has 0 spiro atoms. The molecule has 0 bridgehead atoms. The summed E-state index contributed by atoms with van der Waals surface area (Å²) in [5.74, 6) is 19.8. The van der Waals surface area contributed by atoms with Gasteiger partial charge in [-0.05, 0) is 202 Å². The number of hydrogen-bond donors (Lipinski definition) is 3. The Morgan fingerprint density at radius 1 is 0.367 bits per heavy atom. The molecule has 16 nitrogen and oxygen atoms in total. The van der Waals surface area contributed by atoms with Gasteiger partial charge in [0.1, 0.15) is 86.6 Å². The Morgan fingerprint density at radius 3 is 0.773 bits per heavy atom. The third kappa shape index (κ3) is 61.0. The Kier molecular flexibility index (Phi) is 96.0. The molecule has 0 fully saturated rings. The van der Waals surface area contributed by atoms with E-state index in [0.29, 0.717) is 84.2 Å². The molecule has 874 valence electrons. The van der Waals surface area contributed by atoms with Crippen molar-refractivity contribution in [2.45, 2.75) is 483 Å². The van der Waals surface area contributed by atoms with E-state index < -0.39 is 76.9 Å². The van der Waals surface area contributed by atoms with Crippen LogP contribution in [0.5, 0.6) is 0 Å². The van der Waals surface area contributed by atoms with Gasteiger partial charge in [-0.25, -0.2) is 0 Å². The van der Waals surface area contributed by atoms with Crippen LogP contribution in [-0.2, 0) is 61.2 Å². The number of rotatable bonds is 52. The lowest BCUT2D eigenvalue weighted by Gasteiger charge is -2.38. The molecule has 0 aliphatic heterocycles. The van der Waals surface area contributed by atoms with Crippen molar-refractivity contribution in [2.75, 3.05) is 82.8 Å². The first kappa shape index (κ1) is 163. The molecule has 0 saturated heterocycles. The molecule has 15 atom stereocenters. The van der Waals surface area contributed by atoms with Crippen molar-refractivity contribution in [1.29, 1.82) is 0 Å². The molecule has 150 heavy (non-hydrogen) atoms. The van der Waals surface area contributed by atoms with Crippen molar-refractivity contribution < 1.29 is 103 Å². The summed E-state index contributed by atoms with van der Waals surface area (Å²) in [6.07, 6.45) is 23.8. The quantitative estimate of drug-likeness (QED) is 0.00755. The van der Waals surface area contributed by atoms with E-state index in [1.165, 1.54) is 11.1 Å². The number of methoxy groups -OCH3 is 7. The number of aliphatic hydroxyl groups is 3. The molecular formula is C122H220F6IO16PSi4. The van der Waals surface area contributed by atoms with Crippen molar-refractivity contribution >= 4 is 80.3 Å². The predicted octanol–water partition coefficient (Wildman–Crippen LogP) is 33.5. The van der Waals surface area contributed by atoms with Crippen LogP contribution in [0.25, 0.3) is 0 Å². The summed E-state index contributed by atoms with van der Waals surface area (Å²) in [6, 6.07) is 0. The summed E-state index contributed by atoms with van der Waals surface area (Å²) >= 11 is 2.23. The first-order valence-corrected chi connectivity index (χ1v) is 66.6. The van der Waals surface area contributed by atoms with Crippen LogP contribution in [0.3, 0.4) is 0 Å². The van der Waals surface area contributed by atoms with Gasteiger partial charge in [0, 0.05) is 85.3 Å². The smallest absolute Gasteiger partial charge is 0.392 e. The number of allylic oxidation sites excluding steroid dienone is 3. The average molecular weight is 2330 g/mol. The first-order chi connectivity index (χ1) is 69.5. The predicted molar refractivity (Wildman–Crippen MR) is 648 cm³/mol. The molecule has 0 radical (unpaired) electrons. The number of carbonyl (C=O) groups is 3. The summed E-state index contributed by atoms with van der Waals surface area (Å²) in [5.41, 5.74) is 27.1. The minimum Gasteiger partial charge on any atom is -0.392 e. The van der Waals surface area contributed by atoms with Crippen LogP contribution in [0.15, 0.2) is 80.1 Å². The van der Waals surface area contributed by atoms with E-state index in [0.717, 1.165) is 93.8 Å². The standard InChI is InChI=1S/C21H38O2Si.C20H38O2Si.C19H36OSi.C17H32O2Si.C12H21IO2.C12H20O.C11H18O2.C8H11F6O4P.C2H6/c1-11-20(14-18(8)19(9)22)21(23-10)12-13-24(15(2)3,16(4)5)17(6)7;1-10-19(13-18(8)14-21)20(22-9)11-12-23(15(2)3,16(4)5)17(6)7;1-10-12-18(11-2)19(20-9)13-14-21(15(3)4,16(5)6)17(7)8;1-9-16(12-18)17(19-8)10-11-20(13(2)3,14(4)5)15(6)7;1-5-11(6-9(2)8-14)12(15-4)10(3)7-13;1-6-10(4)9-11(7-2)12(8-3)13-5;1-5-10(7-9(3)8-12)11(6-2)13-4;1-5(15)6(2)19(16,17-3-7(9,10)11)18-4-8(12,13)14;1-2/h14-17,20-21H,11H2,1-10H3;13,15-17,19-21H,10,14H2,1-9H3;10,12,15-19H,11H2,1-9H3;12-17H,9H2,1-8H3;6-7,11-12,14H,5,8H2,1-4H3;3,9,11-12H,6-7H2,1-2,4-5H3;2,7,10-12H,5,8H2,1,3-4H3;6H,3-4H2,1-2H3;1-2H3/b18-14-;18-13-;12-10+;;9-6-,10-7+;10-9-;9-7-;;/t20-,21-;19-,20-;18-,19-;16-,17-;2*11-,12-;10-,11-;;/m0000000../s1. The Morgan fingerprint density at radius 2 is 0.593 bits per heavy atom. The Labute approximate surface area is 934 Å². The lowest BCUT2D eigenvalue weighted by Crippen LogP contribution is -2.43. The maximum atomic E-state index is 11.9. The third-order valence-electron chi connectivity index (χ3n) is 28.7. The minimum absolute atomic E-state index is 0.0225. The molecule has 3 N–H and O–H groups in total. The molecule has 0 aliphatic rings. The second-order valence-corrected chi connectivity index (χ2v) is 67.8. The minimum atomic E-state index is -4.91. The lowest BCUT2D eigenvalue weighted by atomic mass is 9.93. The third-order valence-corrected chi connectivity index (χ3v) is 57.3. The number of ketones is 2. The molecule has 0 amide bonds. The number of alkyl halides is 6. The first-order valence-electron chi connectivity index (χ1n) is 54.8. The van der Waals surface area contributed by atoms with Gasteiger partial charge in [0.25, 0.3) is 0 Å². The number of aldehydes is 1. The fraction of sp³-hybridized carbons (Fsp3) is 0.762. The van der Waals surface area contributed by atoms with Gasteiger partial charge < -0.3 is 53.3 Å². The van der Waals surface area contributed by atoms with Gasteiger partial charge in [0.2, 0.25) is 0 Å². The van der Waals surface area contributed by atoms with E-state index in [-0.39, 0.29) is 92.0 Å². The largest absolute Gasteiger partial charge is 0.412 e. The van der Waals surface area contributed by atoms with E-state index >= 15 is 0 Å². The molecule has 0 aromatic rings. The number of carbonyl (C=O) groups excluding carboxylic acids is 3. The van der Waals surface area contributed by atoms with Crippen molar-refractivity contribution in [3.05, 3.63) is 80.1 Å². The average Bonchev–Trinajstić information content (AvgIpc) is 0.810. The number of halogens is 7. The van der Waals surface area contributed by atoms with Gasteiger partial charge in [0.15, 0.2) is 19.0 Å². The zero-order chi connectivity index (χ0) is 120. The van der Waals surface area contributed by atoms with Crippen molar-refractivity contribution in [2.24, 2.45) is 41.4 Å². The van der Waals surface area contributed by atoms with Crippen molar-refractivity contribution in [3.8, 4) is 70.5 Å².